The number of hydrogen-bond acceptors (Lipinski definition) is 4. The predicted molar refractivity (Wildman–Crippen MR) is 58.4 cm³/mol. The fourth-order valence-electron chi connectivity index (χ4n) is 1.43. The molecule has 78 valence electrons. The number of rotatable bonds is 3. The van der Waals surface area contributed by atoms with Crippen LogP contribution in [0.15, 0.2) is 6.33 Å². The van der Waals surface area contributed by atoms with Gasteiger partial charge in [0.2, 0.25) is 0 Å². The quantitative estimate of drug-likeness (QED) is 0.776. The molecule has 1 heterocycles. The van der Waals surface area contributed by atoms with Crippen LogP contribution < -0.4 is 10.6 Å². The van der Waals surface area contributed by atoms with Gasteiger partial charge in [0.1, 0.15) is 12.1 Å². The molecule has 0 aliphatic carbocycles. The van der Waals surface area contributed by atoms with E-state index in [0.29, 0.717) is 0 Å². The second kappa shape index (κ2) is 4.37. The van der Waals surface area contributed by atoms with Crippen LogP contribution in [-0.4, -0.2) is 29.6 Å². The van der Waals surface area contributed by atoms with Gasteiger partial charge in [-0.2, -0.15) is 0 Å². The average molecular weight is 194 g/mol. The maximum atomic E-state index is 5.73. The van der Waals surface area contributed by atoms with Crippen LogP contribution in [0.3, 0.4) is 0 Å². The van der Waals surface area contributed by atoms with E-state index in [2.05, 4.69) is 14.9 Å². The summed E-state index contributed by atoms with van der Waals surface area (Å²) in [5.74, 6) is 0.967. The highest BCUT2D eigenvalue weighted by molar-refractivity contribution is 5.46. The van der Waals surface area contributed by atoms with E-state index in [1.807, 2.05) is 27.8 Å². The number of aryl methyl sites for hydroxylation is 1. The molecule has 0 saturated carbocycles. The van der Waals surface area contributed by atoms with Crippen molar-refractivity contribution in [3.63, 3.8) is 0 Å². The largest absolute Gasteiger partial charge is 0.358 e. The van der Waals surface area contributed by atoms with Gasteiger partial charge in [0.05, 0.1) is 0 Å². The van der Waals surface area contributed by atoms with Crippen LogP contribution in [-0.2, 0) is 0 Å². The molecule has 4 heteroatoms. The van der Waals surface area contributed by atoms with Crippen molar-refractivity contribution >= 4 is 5.82 Å². The zero-order chi connectivity index (χ0) is 10.7. The van der Waals surface area contributed by atoms with E-state index >= 15 is 0 Å². The van der Waals surface area contributed by atoms with E-state index in [1.165, 1.54) is 0 Å². The standard InChI is InChI=1S/C10H18N4/c1-7(11)5-14(4)10-8(2)9(3)12-6-13-10/h6-7H,5,11H2,1-4H3. The molecule has 0 amide bonds. The Labute approximate surface area is 85.2 Å². The Balaban J connectivity index is 2.89. The van der Waals surface area contributed by atoms with Crippen molar-refractivity contribution < 1.29 is 0 Å². The number of nitrogens with zero attached hydrogens (tertiary/aromatic N) is 3. The van der Waals surface area contributed by atoms with Gasteiger partial charge in [-0.05, 0) is 20.8 Å². The first-order valence-corrected chi connectivity index (χ1v) is 4.77. The Morgan fingerprint density at radius 2 is 2.07 bits per heavy atom. The van der Waals surface area contributed by atoms with Gasteiger partial charge in [-0.1, -0.05) is 0 Å². The molecule has 4 nitrogen and oxygen atoms in total. The van der Waals surface area contributed by atoms with E-state index < -0.39 is 0 Å². The van der Waals surface area contributed by atoms with Gasteiger partial charge in [-0.15, -0.1) is 0 Å². The van der Waals surface area contributed by atoms with E-state index in [9.17, 15) is 0 Å². The lowest BCUT2D eigenvalue weighted by atomic mass is 10.2. The SMILES string of the molecule is Cc1ncnc(N(C)CC(C)N)c1C. The first-order chi connectivity index (χ1) is 6.52. The van der Waals surface area contributed by atoms with Crippen molar-refractivity contribution in [2.45, 2.75) is 26.8 Å². The second-order valence-corrected chi connectivity index (χ2v) is 3.77. The van der Waals surface area contributed by atoms with Crippen molar-refractivity contribution in [3.8, 4) is 0 Å². The van der Waals surface area contributed by atoms with Crippen LogP contribution >= 0.6 is 0 Å². The van der Waals surface area contributed by atoms with Gasteiger partial charge in [0, 0.05) is 30.9 Å². The summed E-state index contributed by atoms with van der Waals surface area (Å²) in [5, 5.41) is 0. The lowest BCUT2D eigenvalue weighted by molar-refractivity contribution is 0.708. The number of aromatic nitrogens is 2. The third-order valence-corrected chi connectivity index (χ3v) is 2.23. The molecule has 1 aromatic rings. The maximum absolute atomic E-state index is 5.73. The minimum absolute atomic E-state index is 0.148. The molecule has 0 aromatic carbocycles. The lowest BCUT2D eigenvalue weighted by Gasteiger charge is -2.22. The summed E-state index contributed by atoms with van der Waals surface area (Å²) in [6.45, 7) is 6.81. The monoisotopic (exact) mass is 194 g/mol. The summed E-state index contributed by atoms with van der Waals surface area (Å²) >= 11 is 0. The molecule has 0 fully saturated rings. The smallest absolute Gasteiger partial charge is 0.134 e. The van der Waals surface area contributed by atoms with Gasteiger partial charge in [-0.3, -0.25) is 0 Å². The second-order valence-electron chi connectivity index (χ2n) is 3.77. The van der Waals surface area contributed by atoms with Crippen molar-refractivity contribution in [2.24, 2.45) is 5.73 Å². The highest BCUT2D eigenvalue weighted by Crippen LogP contribution is 2.16. The summed E-state index contributed by atoms with van der Waals surface area (Å²) in [7, 11) is 2.00. The Morgan fingerprint density at radius 3 is 2.64 bits per heavy atom. The van der Waals surface area contributed by atoms with Gasteiger partial charge in [-0.25, -0.2) is 9.97 Å². The normalized spacial score (nSPS) is 12.6. The molecular weight excluding hydrogens is 176 g/mol. The minimum Gasteiger partial charge on any atom is -0.358 e. The topological polar surface area (TPSA) is 55.0 Å². The van der Waals surface area contributed by atoms with E-state index in [-0.39, 0.29) is 6.04 Å². The van der Waals surface area contributed by atoms with Gasteiger partial charge < -0.3 is 10.6 Å². The van der Waals surface area contributed by atoms with Crippen LogP contribution in [0.2, 0.25) is 0 Å². The van der Waals surface area contributed by atoms with E-state index in [1.54, 1.807) is 6.33 Å². The molecule has 2 N–H and O–H groups in total. The van der Waals surface area contributed by atoms with E-state index in [4.69, 9.17) is 5.73 Å². The van der Waals surface area contributed by atoms with Gasteiger partial charge in [0.15, 0.2) is 0 Å². The summed E-state index contributed by atoms with van der Waals surface area (Å²) in [5.41, 5.74) is 7.87. The number of anilines is 1. The highest BCUT2D eigenvalue weighted by atomic mass is 15.2. The van der Waals surface area contributed by atoms with E-state index in [0.717, 1.165) is 23.6 Å². The number of nitrogens with two attached hydrogens (primary N) is 1. The molecule has 1 unspecified atom stereocenters. The van der Waals surface area contributed by atoms with Crippen LogP contribution in [0.4, 0.5) is 5.82 Å². The van der Waals surface area contributed by atoms with Crippen LogP contribution in [0.25, 0.3) is 0 Å². The lowest BCUT2D eigenvalue weighted by Crippen LogP contribution is -2.33. The van der Waals surface area contributed by atoms with Crippen LogP contribution in [0.1, 0.15) is 18.2 Å². The third-order valence-electron chi connectivity index (χ3n) is 2.23. The number of hydrogen-bond donors (Lipinski definition) is 1. The predicted octanol–water partition coefficient (Wildman–Crippen LogP) is 0.877. The number of likely N-dealkylation sites (N-methyl/N-ethyl adjacent to an activating group) is 1. The Bertz CT molecular complexity index is 309. The Kier molecular flexibility index (Phi) is 3.41. The first-order valence-electron chi connectivity index (χ1n) is 4.77. The summed E-state index contributed by atoms with van der Waals surface area (Å²) in [4.78, 5) is 10.4. The van der Waals surface area contributed by atoms with Gasteiger partial charge in [0.25, 0.3) is 0 Å². The maximum Gasteiger partial charge on any atom is 0.134 e. The zero-order valence-electron chi connectivity index (χ0n) is 9.28. The molecule has 0 radical (unpaired) electrons. The van der Waals surface area contributed by atoms with Crippen LogP contribution in [0, 0.1) is 13.8 Å². The van der Waals surface area contributed by atoms with Crippen molar-refractivity contribution in [2.75, 3.05) is 18.5 Å². The first kappa shape index (κ1) is 10.9. The molecule has 0 aliphatic rings. The molecular formula is C10H18N4. The summed E-state index contributed by atoms with van der Waals surface area (Å²) in [6.07, 6.45) is 1.59. The average Bonchev–Trinajstić information content (AvgIpc) is 2.08. The van der Waals surface area contributed by atoms with Crippen molar-refractivity contribution in [1.29, 1.82) is 0 Å². The fraction of sp³-hybridized carbons (Fsp3) is 0.600. The summed E-state index contributed by atoms with van der Waals surface area (Å²) < 4.78 is 0. The Morgan fingerprint density at radius 1 is 1.43 bits per heavy atom. The highest BCUT2D eigenvalue weighted by Gasteiger charge is 2.09. The minimum atomic E-state index is 0.148. The summed E-state index contributed by atoms with van der Waals surface area (Å²) in [6, 6.07) is 0.148. The molecule has 0 bridgehead atoms. The third kappa shape index (κ3) is 2.42. The molecule has 1 aromatic heterocycles. The van der Waals surface area contributed by atoms with Crippen molar-refractivity contribution in [1.82, 2.24) is 9.97 Å². The Hall–Kier alpha value is -1.16. The molecule has 14 heavy (non-hydrogen) atoms. The molecule has 1 atom stereocenters. The van der Waals surface area contributed by atoms with Crippen LogP contribution in [0.5, 0.6) is 0 Å². The molecule has 0 saturated heterocycles. The molecule has 0 aliphatic heterocycles. The zero-order valence-corrected chi connectivity index (χ0v) is 9.28. The molecule has 0 spiro atoms. The van der Waals surface area contributed by atoms with Crippen molar-refractivity contribution in [3.05, 3.63) is 17.6 Å². The van der Waals surface area contributed by atoms with Gasteiger partial charge >= 0.3 is 0 Å². The fourth-order valence-corrected chi connectivity index (χ4v) is 1.43. The molecule has 1 rings (SSSR count).